The van der Waals surface area contributed by atoms with Gasteiger partial charge in [-0.2, -0.15) is 0 Å². The zero-order valence-corrected chi connectivity index (χ0v) is 15.5. The van der Waals surface area contributed by atoms with Gasteiger partial charge in [-0.25, -0.2) is 9.98 Å². The zero-order chi connectivity index (χ0) is 13.5. The molecule has 0 saturated carbocycles. The van der Waals surface area contributed by atoms with Gasteiger partial charge in [0.1, 0.15) is 5.01 Å². The zero-order valence-electron chi connectivity index (χ0n) is 11.5. The molecular weight excluding hydrogens is 403 g/mol. The molecule has 0 aliphatic heterocycles. The molecule has 0 amide bonds. The van der Waals surface area contributed by atoms with E-state index in [1.807, 2.05) is 12.3 Å². The van der Waals surface area contributed by atoms with Gasteiger partial charge in [-0.3, -0.25) is 0 Å². The van der Waals surface area contributed by atoms with Crippen molar-refractivity contribution in [3.8, 4) is 0 Å². The molecule has 0 aliphatic carbocycles. The normalized spacial score (nSPS) is 11.0. The van der Waals surface area contributed by atoms with Gasteiger partial charge in [-0.05, 0) is 25.3 Å². The van der Waals surface area contributed by atoms with Crippen molar-refractivity contribution in [1.29, 1.82) is 0 Å². The van der Waals surface area contributed by atoms with Gasteiger partial charge in [-0.1, -0.05) is 6.07 Å². The van der Waals surface area contributed by atoms with Crippen LogP contribution in [0.3, 0.4) is 0 Å². The fourth-order valence-electron chi connectivity index (χ4n) is 1.54. The molecule has 2 aromatic heterocycles. The second kappa shape index (κ2) is 9.30. The van der Waals surface area contributed by atoms with Gasteiger partial charge in [0.05, 0.1) is 13.1 Å². The lowest BCUT2D eigenvalue weighted by Crippen LogP contribution is -2.36. The lowest BCUT2D eigenvalue weighted by atomic mass is 10.5. The molecule has 2 N–H and O–H groups in total. The van der Waals surface area contributed by atoms with Crippen LogP contribution < -0.4 is 10.6 Å². The van der Waals surface area contributed by atoms with Gasteiger partial charge < -0.3 is 10.6 Å². The average molecular weight is 422 g/mol. The summed E-state index contributed by atoms with van der Waals surface area (Å²) in [5, 5.41) is 9.70. The largest absolute Gasteiger partial charge is 0.357 e. The van der Waals surface area contributed by atoms with E-state index in [2.05, 4.69) is 45.9 Å². The average Bonchev–Trinajstić information content (AvgIpc) is 3.04. The first-order valence-electron chi connectivity index (χ1n) is 6.24. The first kappa shape index (κ1) is 17.4. The Morgan fingerprint density at radius 2 is 2.25 bits per heavy atom. The van der Waals surface area contributed by atoms with Crippen molar-refractivity contribution in [2.45, 2.75) is 26.9 Å². The highest BCUT2D eigenvalue weighted by Gasteiger charge is 2.01. The van der Waals surface area contributed by atoms with Gasteiger partial charge in [0.25, 0.3) is 0 Å². The molecular formula is C13H19IN4S2. The van der Waals surface area contributed by atoms with E-state index in [4.69, 9.17) is 0 Å². The molecule has 0 unspecified atom stereocenters. The van der Waals surface area contributed by atoms with Crippen LogP contribution in [-0.4, -0.2) is 17.5 Å². The van der Waals surface area contributed by atoms with Gasteiger partial charge in [-0.15, -0.1) is 46.7 Å². The lowest BCUT2D eigenvalue weighted by molar-refractivity contribution is 0.813. The smallest absolute Gasteiger partial charge is 0.191 e. The van der Waals surface area contributed by atoms with E-state index in [0.717, 1.165) is 24.1 Å². The maximum Gasteiger partial charge on any atom is 0.191 e. The Kier molecular flexibility index (Phi) is 8.08. The first-order chi connectivity index (χ1) is 9.28. The maximum atomic E-state index is 4.56. The van der Waals surface area contributed by atoms with Crippen LogP contribution in [0.5, 0.6) is 0 Å². The van der Waals surface area contributed by atoms with Crippen LogP contribution >= 0.6 is 46.7 Å². The molecule has 2 aromatic rings. The molecule has 2 heterocycles. The minimum atomic E-state index is 0. The van der Waals surface area contributed by atoms with Crippen LogP contribution in [-0.2, 0) is 13.1 Å². The second-order valence-electron chi connectivity index (χ2n) is 3.99. The highest BCUT2D eigenvalue weighted by atomic mass is 127. The summed E-state index contributed by atoms with van der Waals surface area (Å²) in [6, 6.07) is 4.15. The first-order valence-corrected chi connectivity index (χ1v) is 7.93. The van der Waals surface area contributed by atoms with Gasteiger partial charge in [0, 0.05) is 22.5 Å². The fraction of sp³-hybridized carbons (Fsp3) is 0.385. The van der Waals surface area contributed by atoms with Crippen molar-refractivity contribution in [2.75, 3.05) is 6.54 Å². The Bertz CT molecular complexity index is 522. The molecule has 110 valence electrons. The van der Waals surface area contributed by atoms with Crippen molar-refractivity contribution < 1.29 is 0 Å². The van der Waals surface area contributed by atoms with E-state index in [1.165, 1.54) is 9.75 Å². The molecule has 0 spiro atoms. The number of guanidine groups is 1. The minimum Gasteiger partial charge on any atom is -0.357 e. The number of rotatable bonds is 5. The highest BCUT2D eigenvalue weighted by Crippen LogP contribution is 2.11. The molecule has 2 rings (SSSR count). The molecule has 0 atom stereocenters. The molecule has 0 saturated heterocycles. The third-order valence-corrected chi connectivity index (χ3v) is 4.17. The summed E-state index contributed by atoms with van der Waals surface area (Å²) >= 11 is 3.44. The Balaban J connectivity index is 0.00000200. The predicted molar refractivity (Wildman–Crippen MR) is 98.2 cm³/mol. The third-order valence-electron chi connectivity index (χ3n) is 2.39. The fourth-order valence-corrected chi connectivity index (χ4v) is 2.90. The molecule has 0 fully saturated rings. The number of aliphatic imine (C=N–C) groups is 1. The van der Waals surface area contributed by atoms with Crippen molar-refractivity contribution in [3.05, 3.63) is 38.5 Å². The predicted octanol–water partition coefficient (Wildman–Crippen LogP) is 3.39. The highest BCUT2D eigenvalue weighted by molar-refractivity contribution is 14.0. The van der Waals surface area contributed by atoms with E-state index >= 15 is 0 Å². The van der Waals surface area contributed by atoms with E-state index < -0.39 is 0 Å². The number of thiophene rings is 1. The van der Waals surface area contributed by atoms with Crippen LogP contribution in [0.4, 0.5) is 0 Å². The summed E-state index contributed by atoms with van der Waals surface area (Å²) in [4.78, 5) is 11.4. The molecule has 20 heavy (non-hydrogen) atoms. The van der Waals surface area contributed by atoms with Gasteiger partial charge >= 0.3 is 0 Å². The summed E-state index contributed by atoms with van der Waals surface area (Å²) in [5.41, 5.74) is 0. The standard InChI is InChI=1S/C13H18N4S2.HI/c1-3-14-13(16-8-11-5-4-6-18-11)17-9-12-15-7-10(2)19-12;/h4-7H,3,8-9H2,1-2H3,(H2,14,16,17);1H. The molecule has 0 bridgehead atoms. The van der Waals surface area contributed by atoms with Crippen LogP contribution in [0.1, 0.15) is 21.7 Å². The topological polar surface area (TPSA) is 49.3 Å². The van der Waals surface area contributed by atoms with E-state index in [1.54, 1.807) is 22.7 Å². The number of hydrogen-bond acceptors (Lipinski definition) is 4. The summed E-state index contributed by atoms with van der Waals surface area (Å²) in [6.07, 6.45) is 1.90. The van der Waals surface area contributed by atoms with E-state index in [-0.39, 0.29) is 24.0 Å². The third kappa shape index (κ3) is 5.76. The second-order valence-corrected chi connectivity index (χ2v) is 6.34. The summed E-state index contributed by atoms with van der Waals surface area (Å²) < 4.78 is 0. The number of thiazole rings is 1. The maximum absolute atomic E-state index is 4.56. The number of nitrogens with one attached hydrogen (secondary N) is 2. The molecule has 4 nitrogen and oxygen atoms in total. The monoisotopic (exact) mass is 422 g/mol. The minimum absolute atomic E-state index is 0. The SMILES string of the molecule is CCNC(=NCc1cccs1)NCc1ncc(C)s1.I. The molecule has 0 aromatic carbocycles. The summed E-state index contributed by atoms with van der Waals surface area (Å²) in [6.45, 7) is 6.42. The van der Waals surface area contributed by atoms with Crippen LogP contribution in [0.15, 0.2) is 28.7 Å². The number of nitrogens with zero attached hydrogens (tertiary/aromatic N) is 2. The van der Waals surface area contributed by atoms with Gasteiger partial charge in [0.2, 0.25) is 0 Å². The van der Waals surface area contributed by atoms with Crippen molar-refractivity contribution in [3.63, 3.8) is 0 Å². The van der Waals surface area contributed by atoms with E-state index in [9.17, 15) is 0 Å². The molecule has 0 aliphatic rings. The van der Waals surface area contributed by atoms with Crippen molar-refractivity contribution >= 4 is 52.6 Å². The molecule has 0 radical (unpaired) electrons. The number of hydrogen-bond donors (Lipinski definition) is 2. The summed E-state index contributed by atoms with van der Waals surface area (Å²) in [7, 11) is 0. The van der Waals surface area contributed by atoms with Crippen molar-refractivity contribution in [1.82, 2.24) is 15.6 Å². The van der Waals surface area contributed by atoms with Crippen LogP contribution in [0.2, 0.25) is 0 Å². The van der Waals surface area contributed by atoms with Gasteiger partial charge in [0.15, 0.2) is 5.96 Å². The summed E-state index contributed by atoms with van der Waals surface area (Å²) in [5.74, 6) is 0.837. The Hall–Kier alpha value is -0.670. The number of aromatic nitrogens is 1. The number of aryl methyl sites for hydroxylation is 1. The van der Waals surface area contributed by atoms with Crippen molar-refractivity contribution in [2.24, 2.45) is 4.99 Å². The van der Waals surface area contributed by atoms with E-state index in [0.29, 0.717) is 6.54 Å². The Morgan fingerprint density at radius 3 is 2.85 bits per heavy atom. The van der Waals surface area contributed by atoms with Crippen LogP contribution in [0.25, 0.3) is 0 Å². The quantitative estimate of drug-likeness (QED) is 0.441. The molecule has 7 heteroatoms. The lowest BCUT2D eigenvalue weighted by Gasteiger charge is -2.09. The van der Waals surface area contributed by atoms with Crippen LogP contribution in [0, 0.1) is 6.92 Å². The number of halogens is 1. The Morgan fingerprint density at radius 1 is 1.40 bits per heavy atom. The Labute approximate surface area is 144 Å².